The second-order valence-electron chi connectivity index (χ2n) is 7.62. The molecule has 2 heteroatoms. The largest absolute Gasteiger partial charge is 0.493 e. The average molecular weight is 377 g/mol. The van der Waals surface area contributed by atoms with Gasteiger partial charge in [0.1, 0.15) is 0 Å². The molecule has 2 nitrogen and oxygen atoms in total. The zero-order valence-electron chi connectivity index (χ0n) is 17.2. The molecule has 2 aromatic carbocycles. The molecule has 0 saturated heterocycles. The molecule has 0 amide bonds. The Hall–Kier alpha value is -2.40. The van der Waals surface area contributed by atoms with E-state index in [1.54, 1.807) is 7.11 Å². The highest BCUT2D eigenvalue weighted by molar-refractivity contribution is 5.46. The van der Waals surface area contributed by atoms with Crippen LogP contribution < -0.4 is 9.47 Å². The minimum Gasteiger partial charge on any atom is -0.493 e. The fourth-order valence-electron chi connectivity index (χ4n) is 3.80. The third-order valence-corrected chi connectivity index (χ3v) is 5.45. The second-order valence-corrected chi connectivity index (χ2v) is 7.62. The van der Waals surface area contributed by atoms with Gasteiger partial charge in [0.15, 0.2) is 11.5 Å². The van der Waals surface area contributed by atoms with Crippen LogP contribution >= 0.6 is 0 Å². The Balaban J connectivity index is 1.84. The van der Waals surface area contributed by atoms with Crippen molar-refractivity contribution in [2.75, 3.05) is 7.11 Å². The van der Waals surface area contributed by atoms with Gasteiger partial charge in [-0.05, 0) is 61.9 Å². The molecule has 1 saturated carbocycles. The van der Waals surface area contributed by atoms with Crippen LogP contribution in [0.1, 0.15) is 75.3 Å². The lowest BCUT2D eigenvalue weighted by molar-refractivity contribution is 0.200. The van der Waals surface area contributed by atoms with Gasteiger partial charge in [-0.2, -0.15) is 0 Å². The molecule has 0 bridgehead atoms. The molecule has 1 aliphatic carbocycles. The van der Waals surface area contributed by atoms with Crippen molar-refractivity contribution in [3.05, 3.63) is 59.7 Å². The first kappa shape index (κ1) is 20.3. The van der Waals surface area contributed by atoms with E-state index in [0.29, 0.717) is 6.10 Å². The van der Waals surface area contributed by atoms with E-state index in [4.69, 9.17) is 9.47 Å². The van der Waals surface area contributed by atoms with Crippen LogP contribution in [0.5, 0.6) is 11.5 Å². The summed E-state index contributed by atoms with van der Waals surface area (Å²) in [7, 11) is 1.71. The van der Waals surface area contributed by atoms with Crippen LogP contribution in [-0.4, -0.2) is 13.2 Å². The summed E-state index contributed by atoms with van der Waals surface area (Å²) in [5.41, 5.74) is 2.30. The van der Waals surface area contributed by atoms with Crippen molar-refractivity contribution >= 4 is 0 Å². The van der Waals surface area contributed by atoms with E-state index < -0.39 is 0 Å². The quantitative estimate of drug-likeness (QED) is 0.375. The molecule has 0 radical (unpaired) electrons. The van der Waals surface area contributed by atoms with Crippen molar-refractivity contribution in [2.45, 2.75) is 70.3 Å². The average Bonchev–Trinajstić information content (AvgIpc) is 3.24. The lowest BCUT2D eigenvalue weighted by Gasteiger charge is -2.18. The van der Waals surface area contributed by atoms with Gasteiger partial charge in [-0.15, -0.1) is 0 Å². The standard InChI is InChI=1S/C26H32O2/c1-3-4-6-13-22(17-16-21-11-7-5-8-12-21)23-18-19-25(27-2)26(20-23)28-24-14-9-10-15-24/h5,7-8,11-12,18-20,22,24H,3-4,6,9-10,13-15H2,1-2H3. The molecule has 0 N–H and O–H groups in total. The number of benzene rings is 2. The Morgan fingerprint density at radius 2 is 1.79 bits per heavy atom. The molecule has 2 aromatic rings. The summed E-state index contributed by atoms with van der Waals surface area (Å²) < 4.78 is 11.9. The molecule has 148 valence electrons. The van der Waals surface area contributed by atoms with E-state index in [0.717, 1.165) is 36.3 Å². The van der Waals surface area contributed by atoms with Gasteiger partial charge in [0.25, 0.3) is 0 Å². The van der Waals surface area contributed by atoms with Crippen LogP contribution in [-0.2, 0) is 0 Å². The predicted molar refractivity (Wildman–Crippen MR) is 116 cm³/mol. The molecular weight excluding hydrogens is 344 g/mol. The maximum atomic E-state index is 6.30. The minimum atomic E-state index is 0.212. The molecule has 3 rings (SSSR count). The highest BCUT2D eigenvalue weighted by Gasteiger charge is 2.20. The summed E-state index contributed by atoms with van der Waals surface area (Å²) in [5, 5.41) is 0. The maximum absolute atomic E-state index is 6.30. The molecule has 1 fully saturated rings. The second kappa shape index (κ2) is 10.8. The van der Waals surface area contributed by atoms with Crippen molar-refractivity contribution in [1.29, 1.82) is 0 Å². The third-order valence-electron chi connectivity index (χ3n) is 5.45. The molecule has 28 heavy (non-hydrogen) atoms. The number of rotatable bonds is 8. The molecule has 0 aromatic heterocycles. The first-order valence-electron chi connectivity index (χ1n) is 10.7. The first-order valence-corrected chi connectivity index (χ1v) is 10.7. The van der Waals surface area contributed by atoms with Gasteiger partial charge in [-0.25, -0.2) is 0 Å². The lowest BCUT2D eigenvalue weighted by atomic mass is 9.93. The zero-order valence-corrected chi connectivity index (χ0v) is 17.2. The van der Waals surface area contributed by atoms with E-state index in [9.17, 15) is 0 Å². The van der Waals surface area contributed by atoms with Gasteiger partial charge in [0, 0.05) is 11.5 Å². The van der Waals surface area contributed by atoms with Crippen LogP contribution in [0.4, 0.5) is 0 Å². The summed E-state index contributed by atoms with van der Waals surface area (Å²) in [6, 6.07) is 16.6. The lowest BCUT2D eigenvalue weighted by Crippen LogP contribution is -2.12. The van der Waals surface area contributed by atoms with Crippen molar-refractivity contribution in [3.8, 4) is 23.3 Å². The molecule has 0 spiro atoms. The van der Waals surface area contributed by atoms with Gasteiger partial charge in [0.05, 0.1) is 13.2 Å². The molecule has 1 atom stereocenters. The van der Waals surface area contributed by atoms with E-state index in [1.165, 1.54) is 37.7 Å². The number of methoxy groups -OCH3 is 1. The van der Waals surface area contributed by atoms with Crippen LogP contribution in [0, 0.1) is 11.8 Å². The van der Waals surface area contributed by atoms with Gasteiger partial charge in [0.2, 0.25) is 0 Å². The van der Waals surface area contributed by atoms with E-state index in [1.807, 2.05) is 24.3 Å². The first-order chi connectivity index (χ1) is 13.8. The summed E-state index contributed by atoms with van der Waals surface area (Å²) in [5.74, 6) is 8.79. The molecule has 0 heterocycles. The topological polar surface area (TPSA) is 18.5 Å². The minimum absolute atomic E-state index is 0.212. The van der Waals surface area contributed by atoms with Crippen molar-refractivity contribution in [1.82, 2.24) is 0 Å². The van der Waals surface area contributed by atoms with Crippen LogP contribution in [0.3, 0.4) is 0 Å². The Kier molecular flexibility index (Phi) is 7.85. The van der Waals surface area contributed by atoms with E-state index in [-0.39, 0.29) is 5.92 Å². The summed E-state index contributed by atoms with van der Waals surface area (Å²) >= 11 is 0. The van der Waals surface area contributed by atoms with Gasteiger partial charge < -0.3 is 9.47 Å². The Morgan fingerprint density at radius 3 is 2.50 bits per heavy atom. The van der Waals surface area contributed by atoms with Gasteiger partial charge in [-0.1, -0.05) is 62.3 Å². The fraction of sp³-hybridized carbons (Fsp3) is 0.462. The summed E-state index contributed by atoms with van der Waals surface area (Å²) in [6.45, 7) is 2.24. The Morgan fingerprint density at radius 1 is 1.00 bits per heavy atom. The third kappa shape index (κ3) is 5.80. The van der Waals surface area contributed by atoms with E-state index in [2.05, 4.69) is 43.0 Å². The highest BCUT2D eigenvalue weighted by Crippen LogP contribution is 2.35. The van der Waals surface area contributed by atoms with Crippen LogP contribution in [0.2, 0.25) is 0 Å². The van der Waals surface area contributed by atoms with Crippen LogP contribution in [0.15, 0.2) is 48.5 Å². The molecular formula is C26H32O2. The van der Waals surface area contributed by atoms with Gasteiger partial charge >= 0.3 is 0 Å². The smallest absolute Gasteiger partial charge is 0.161 e. The van der Waals surface area contributed by atoms with Crippen molar-refractivity contribution < 1.29 is 9.47 Å². The SMILES string of the molecule is CCCCCC(C#Cc1ccccc1)c1ccc(OC)c(OC2CCCC2)c1. The number of ether oxygens (including phenoxy) is 2. The molecule has 1 aliphatic rings. The molecule has 0 aliphatic heterocycles. The monoisotopic (exact) mass is 376 g/mol. The molecule has 1 unspecified atom stereocenters. The number of hydrogen-bond donors (Lipinski definition) is 0. The van der Waals surface area contributed by atoms with Gasteiger partial charge in [-0.3, -0.25) is 0 Å². The number of hydrogen-bond acceptors (Lipinski definition) is 2. The normalized spacial score (nSPS) is 14.9. The predicted octanol–water partition coefficient (Wildman–Crippen LogP) is 6.73. The Labute approximate surface area is 170 Å². The Bertz CT molecular complexity index is 779. The zero-order chi connectivity index (χ0) is 19.6. The maximum Gasteiger partial charge on any atom is 0.161 e. The number of unbranched alkanes of at least 4 members (excludes halogenated alkanes) is 2. The van der Waals surface area contributed by atoms with Crippen LogP contribution in [0.25, 0.3) is 0 Å². The summed E-state index contributed by atoms with van der Waals surface area (Å²) in [4.78, 5) is 0. The van der Waals surface area contributed by atoms with Crippen molar-refractivity contribution in [3.63, 3.8) is 0 Å². The van der Waals surface area contributed by atoms with E-state index >= 15 is 0 Å². The summed E-state index contributed by atoms with van der Waals surface area (Å²) in [6.07, 6.45) is 9.84. The highest BCUT2D eigenvalue weighted by atomic mass is 16.5. The van der Waals surface area contributed by atoms with Crippen molar-refractivity contribution in [2.24, 2.45) is 0 Å². The fourth-order valence-corrected chi connectivity index (χ4v) is 3.80.